The molecule has 2 unspecified atom stereocenters. The predicted octanol–water partition coefficient (Wildman–Crippen LogP) is 32.7. The molecule has 7 aromatic carbocycles. The zero-order valence-electron chi connectivity index (χ0n) is 75.2. The highest BCUT2D eigenvalue weighted by molar-refractivity contribution is 7.25. The largest absolute Gasteiger partial charge is 0.492 e. The monoisotopic (exact) mass is 1730 g/mol. The number of hydrogen-bond donors (Lipinski definition) is 0. The molecule has 0 bridgehead atoms. The number of ether oxygens (including phenoxy) is 1. The summed E-state index contributed by atoms with van der Waals surface area (Å²) < 4.78 is 7.31. The van der Waals surface area contributed by atoms with E-state index in [-0.39, 0.29) is 22.8 Å². The summed E-state index contributed by atoms with van der Waals surface area (Å²) in [5.74, 6) is 1.24. The Hall–Kier alpha value is -10.6. The average Bonchev–Trinajstić information content (AvgIpc) is 1.50. The number of unbranched alkanes of at least 4 members (excludes halogenated alkanes) is 14. The van der Waals surface area contributed by atoms with E-state index in [9.17, 15) is 25.4 Å². The maximum Gasteiger partial charge on any atom is 0.270 e. The van der Waals surface area contributed by atoms with Gasteiger partial charge in [0.25, 0.3) is 5.70 Å². The topological polar surface area (TPSA) is 119 Å². The molecule has 2 atom stereocenters. The lowest BCUT2D eigenvalue weighted by Gasteiger charge is -2.35. The van der Waals surface area contributed by atoms with Crippen LogP contribution >= 0.6 is 45.3 Å². The SMILES string of the molecule is [C-]#[N+]/C(C#N)=C1\C(=C\c2cc(CCC(CC)CCCC)c(-c3cc4c(s3)-c3cc5c(cc3C4(c3ccc(CCCCCC)cc3)c3ccc(CCCCCC)cc3)-c3sc(-c4sc(/C=C6\C(=O)c7ccccc7C6=C(C#N)C#N)cc4OCC(CC)CCCC)cc3C5(c3ccc(CCCCCC)cc3)c3ccc(CCCCCC)cc3)s2)C(=O)c2ccccc21. The number of benzene rings is 7. The van der Waals surface area contributed by atoms with Crippen molar-refractivity contribution in [3.63, 3.8) is 0 Å². The summed E-state index contributed by atoms with van der Waals surface area (Å²) in [5, 5.41) is 31.8. The first-order chi connectivity index (χ1) is 61.8. The van der Waals surface area contributed by atoms with Gasteiger partial charge in [-0.2, -0.15) is 10.5 Å². The molecule has 0 spiro atoms. The van der Waals surface area contributed by atoms with Gasteiger partial charge in [0.15, 0.2) is 11.6 Å². The summed E-state index contributed by atoms with van der Waals surface area (Å²) in [6, 6.07) is 75.3. The third kappa shape index (κ3) is 18.1. The second-order valence-corrected chi connectivity index (χ2v) is 39.8. The maximum absolute atomic E-state index is 14.9. The number of hydrogen-bond acceptors (Lipinski definition) is 10. The predicted molar refractivity (Wildman–Crippen MR) is 530 cm³/mol. The Morgan fingerprint density at radius 1 is 0.389 bits per heavy atom. The van der Waals surface area contributed by atoms with E-state index in [2.05, 4.69) is 212 Å². The van der Waals surface area contributed by atoms with E-state index >= 15 is 0 Å². The van der Waals surface area contributed by atoms with Crippen LogP contribution in [0.1, 0.15) is 330 Å². The van der Waals surface area contributed by atoms with Gasteiger partial charge < -0.3 is 4.74 Å². The number of aryl methyl sites for hydroxylation is 5. The van der Waals surface area contributed by atoms with Crippen molar-refractivity contribution >= 4 is 80.2 Å². The van der Waals surface area contributed by atoms with E-state index < -0.39 is 10.8 Å². The van der Waals surface area contributed by atoms with Gasteiger partial charge >= 0.3 is 0 Å². The highest BCUT2D eigenvalue weighted by Crippen LogP contribution is 2.67. The molecule has 0 saturated carbocycles. The molecule has 4 aliphatic rings. The molecule has 642 valence electrons. The molecule has 4 aliphatic carbocycles. The van der Waals surface area contributed by atoms with Crippen LogP contribution in [0.2, 0.25) is 0 Å². The molecule has 0 N–H and O–H groups in total. The van der Waals surface area contributed by atoms with Crippen molar-refractivity contribution in [2.75, 3.05) is 6.61 Å². The van der Waals surface area contributed by atoms with E-state index in [0.29, 0.717) is 63.0 Å². The van der Waals surface area contributed by atoms with Gasteiger partial charge in [-0.1, -0.05) is 323 Å². The number of ketones is 2. The van der Waals surface area contributed by atoms with Gasteiger partial charge in [0, 0.05) is 67.6 Å². The van der Waals surface area contributed by atoms with Crippen LogP contribution in [0, 0.1) is 52.4 Å². The number of Topliss-reactive ketones (excluding diaryl/α,β-unsaturated/α-hetero) is 2. The number of allylic oxidation sites excluding steroid dienone is 6. The number of rotatable bonds is 42. The van der Waals surface area contributed by atoms with E-state index in [1.54, 1.807) is 28.7 Å². The summed E-state index contributed by atoms with van der Waals surface area (Å²) >= 11 is 7.10. The Bertz CT molecular complexity index is 5560. The van der Waals surface area contributed by atoms with E-state index in [1.807, 2.05) is 77.3 Å². The van der Waals surface area contributed by atoms with Crippen LogP contribution in [-0.2, 0) is 42.9 Å². The second kappa shape index (κ2) is 41.9. The molecule has 0 radical (unpaired) electrons. The minimum absolute atomic E-state index is 0.0800. The van der Waals surface area contributed by atoms with E-state index in [0.717, 1.165) is 128 Å². The smallest absolute Gasteiger partial charge is 0.270 e. The normalized spacial score (nSPS) is 15.2. The van der Waals surface area contributed by atoms with Crippen molar-refractivity contribution in [3.05, 3.63) is 320 Å². The maximum atomic E-state index is 14.9. The number of nitriles is 3. The van der Waals surface area contributed by atoms with Crippen molar-refractivity contribution in [2.45, 2.75) is 259 Å². The number of nitrogens with zero attached hydrogens (tertiary/aromatic N) is 4. The summed E-state index contributed by atoms with van der Waals surface area (Å²) in [6.45, 7) is 27.1. The van der Waals surface area contributed by atoms with Crippen molar-refractivity contribution in [2.24, 2.45) is 11.8 Å². The second-order valence-electron chi connectivity index (χ2n) is 35.5. The Labute approximate surface area is 766 Å². The molecule has 0 amide bonds. The van der Waals surface area contributed by atoms with E-state index in [4.69, 9.17) is 11.3 Å². The number of thiophene rings is 4. The first-order valence-electron chi connectivity index (χ1n) is 47.3. The molecule has 11 aromatic rings. The number of fused-ring (bicyclic) bond motifs is 8. The molecular weight excluding hydrogens is 1610 g/mol. The minimum atomic E-state index is -0.857. The fraction of sp³-hybridized carbons (Fsp3) is 0.374. The Balaban J connectivity index is 1.02. The zero-order chi connectivity index (χ0) is 87.9. The number of carbonyl (C=O) groups is 2. The van der Waals surface area contributed by atoms with Gasteiger partial charge in [-0.3, -0.25) is 9.59 Å². The van der Waals surface area contributed by atoms with Gasteiger partial charge in [0.2, 0.25) is 0 Å². The number of carbonyl (C=O) groups excluding carboxylic acids is 2. The average molecular weight is 1730 g/mol. The molecular formula is C115H120N4O3S4. The molecule has 11 heteroatoms. The van der Waals surface area contributed by atoms with Gasteiger partial charge in [-0.05, 0) is 226 Å². The van der Waals surface area contributed by atoms with Crippen LogP contribution < -0.4 is 4.74 Å². The summed E-state index contributed by atoms with van der Waals surface area (Å²) in [5.41, 5.74) is 20.7. The highest BCUT2D eigenvalue weighted by atomic mass is 32.1. The van der Waals surface area contributed by atoms with Gasteiger partial charge in [-0.15, -0.1) is 45.3 Å². The quantitative estimate of drug-likeness (QED) is 0.0163. The molecule has 15 rings (SSSR count). The minimum Gasteiger partial charge on any atom is -0.492 e. The first-order valence-corrected chi connectivity index (χ1v) is 50.6. The fourth-order valence-corrected chi connectivity index (χ4v) is 25.2. The fourth-order valence-electron chi connectivity index (χ4n) is 20.3. The third-order valence-corrected chi connectivity index (χ3v) is 32.2. The van der Waals surface area contributed by atoms with Crippen LogP contribution in [0.5, 0.6) is 5.75 Å². The lowest BCUT2D eigenvalue weighted by Crippen LogP contribution is -2.30. The first kappa shape index (κ1) is 90.2. The van der Waals surface area contributed by atoms with Crippen molar-refractivity contribution < 1.29 is 14.3 Å². The lowest BCUT2D eigenvalue weighted by atomic mass is 9.65. The summed E-state index contributed by atoms with van der Waals surface area (Å²) in [6.07, 6.45) is 37.4. The molecule has 126 heavy (non-hydrogen) atoms. The van der Waals surface area contributed by atoms with Gasteiger partial charge in [-0.25, -0.2) is 10.1 Å². The van der Waals surface area contributed by atoms with Gasteiger partial charge in [0.05, 0.1) is 35.0 Å². The molecule has 0 aliphatic heterocycles. The van der Waals surface area contributed by atoms with Crippen molar-refractivity contribution in [1.29, 1.82) is 15.8 Å². The van der Waals surface area contributed by atoms with Crippen LogP contribution in [-0.4, -0.2) is 18.2 Å². The third-order valence-electron chi connectivity index (χ3n) is 27.3. The Morgan fingerprint density at radius 3 is 1.18 bits per heavy atom. The summed E-state index contributed by atoms with van der Waals surface area (Å²) in [4.78, 5) is 42.1. The van der Waals surface area contributed by atoms with Crippen molar-refractivity contribution in [1.82, 2.24) is 0 Å². The van der Waals surface area contributed by atoms with Gasteiger partial charge in [0.1, 0.15) is 23.5 Å². The van der Waals surface area contributed by atoms with Crippen LogP contribution in [0.25, 0.3) is 68.5 Å². The molecule has 0 fully saturated rings. The van der Waals surface area contributed by atoms with E-state index in [1.165, 1.54) is 193 Å². The Kier molecular flexibility index (Phi) is 30.0. The highest BCUT2D eigenvalue weighted by Gasteiger charge is 2.54. The standard InChI is InChI=1S/C115H120N4O3S4/c1-10-18-24-28-38-78-47-56-84(57-48-78)114(85-58-49-79(50-59-85)39-29-25-19-11-2)98-69-95-99(68-94(98)111-100(114)70-104(125-111)110-82(55-46-76(16-7)36-22-14-5)64-88(123-110)65-97-107(102(74-118)119-9)91-43-33-35-45-93(91)109(97)121)115(86-60-51-80(52-61-86)40-30-26-20-12-3,87-62-53-81(54-63-87)41-31-27-21-13-4)101-71-105(126-112(95)101)113-103(122-75-77(17-8)37-23-15-6)67-89(124-113)66-96-106(83(72-116)73-117)90-42-32-34-44-92(90)108(96)120/h32-35,42-45,47-54,56-71,76-77H,10-31,36-41,46,55,75H2,1-8H3/b96-66-,97-65-,107-102-. The lowest BCUT2D eigenvalue weighted by molar-refractivity contribution is 0.103. The summed E-state index contributed by atoms with van der Waals surface area (Å²) in [7, 11) is 0. The zero-order valence-corrected chi connectivity index (χ0v) is 78.5. The molecule has 4 aromatic heterocycles. The Morgan fingerprint density at radius 2 is 0.778 bits per heavy atom. The van der Waals surface area contributed by atoms with Crippen LogP contribution in [0.15, 0.2) is 204 Å². The molecule has 0 saturated heterocycles. The molecule has 4 heterocycles. The molecule has 7 nitrogen and oxygen atoms in total. The van der Waals surface area contributed by atoms with Crippen LogP contribution in [0.4, 0.5) is 0 Å². The van der Waals surface area contributed by atoms with Crippen LogP contribution in [0.3, 0.4) is 0 Å². The van der Waals surface area contributed by atoms with Crippen molar-refractivity contribution in [3.8, 4) is 64.3 Å².